The first-order chi connectivity index (χ1) is 9.46. The number of nitrogens with one attached hydrogen (secondary N) is 1. The summed E-state index contributed by atoms with van der Waals surface area (Å²) in [6.45, 7) is 6.12. The Morgan fingerprint density at radius 2 is 2.10 bits per heavy atom. The van der Waals surface area contributed by atoms with Gasteiger partial charge in [0.25, 0.3) is 5.91 Å². The van der Waals surface area contributed by atoms with Gasteiger partial charge in [0.05, 0.1) is 10.6 Å². The van der Waals surface area contributed by atoms with Crippen molar-refractivity contribution in [1.29, 1.82) is 0 Å². The Kier molecular flexibility index (Phi) is 3.21. The summed E-state index contributed by atoms with van der Waals surface area (Å²) in [7, 11) is 0. The summed E-state index contributed by atoms with van der Waals surface area (Å²) in [6.07, 6.45) is 5.40. The van der Waals surface area contributed by atoms with Crippen LogP contribution in [0.25, 0.3) is 11.0 Å². The molecule has 3 heterocycles. The van der Waals surface area contributed by atoms with E-state index in [1.54, 1.807) is 12.4 Å². The van der Waals surface area contributed by atoms with Gasteiger partial charge in [0.1, 0.15) is 5.65 Å². The molecule has 1 aliphatic heterocycles. The first-order valence-corrected chi connectivity index (χ1v) is 7.26. The minimum atomic E-state index is 0.0483. The number of piperidine rings is 1. The van der Waals surface area contributed by atoms with Crippen LogP contribution >= 0.6 is 11.6 Å². The monoisotopic (exact) mass is 291 g/mol. The molecular weight excluding hydrogens is 274 g/mol. The van der Waals surface area contributed by atoms with Crippen LogP contribution < -0.4 is 0 Å². The van der Waals surface area contributed by atoms with Gasteiger partial charge >= 0.3 is 0 Å². The molecule has 4 nitrogen and oxygen atoms in total. The Bertz CT molecular complexity index is 652. The van der Waals surface area contributed by atoms with Crippen molar-refractivity contribution in [3.8, 4) is 0 Å². The Morgan fingerprint density at radius 3 is 2.80 bits per heavy atom. The number of amides is 1. The molecule has 5 heteroatoms. The molecule has 2 aromatic rings. The number of nitrogens with zero attached hydrogens (tertiary/aromatic N) is 2. The summed E-state index contributed by atoms with van der Waals surface area (Å²) in [6, 6.07) is 1.82. The average Bonchev–Trinajstić information content (AvgIpc) is 2.79. The van der Waals surface area contributed by atoms with Gasteiger partial charge in [-0.3, -0.25) is 4.79 Å². The Labute approximate surface area is 123 Å². The number of rotatable bonds is 1. The van der Waals surface area contributed by atoms with Gasteiger partial charge in [0.15, 0.2) is 0 Å². The summed E-state index contributed by atoms with van der Waals surface area (Å²) < 4.78 is 0. The fraction of sp³-hybridized carbons (Fsp3) is 0.467. The van der Waals surface area contributed by atoms with Crippen LogP contribution in [0.15, 0.2) is 18.5 Å². The molecule has 0 saturated carbocycles. The maximum Gasteiger partial charge on any atom is 0.255 e. The maximum atomic E-state index is 12.5. The molecule has 0 radical (unpaired) electrons. The molecule has 0 bridgehead atoms. The van der Waals surface area contributed by atoms with Gasteiger partial charge in [-0.15, -0.1) is 0 Å². The van der Waals surface area contributed by atoms with E-state index in [-0.39, 0.29) is 5.91 Å². The Balaban J connectivity index is 1.84. The van der Waals surface area contributed by atoms with Crippen molar-refractivity contribution in [2.75, 3.05) is 13.1 Å². The lowest BCUT2D eigenvalue weighted by Gasteiger charge is -2.36. The van der Waals surface area contributed by atoms with Crippen LogP contribution in [0.2, 0.25) is 5.02 Å². The summed E-state index contributed by atoms with van der Waals surface area (Å²) in [4.78, 5) is 21.7. The maximum absolute atomic E-state index is 12.5. The molecule has 1 amide bonds. The van der Waals surface area contributed by atoms with E-state index in [0.29, 0.717) is 21.6 Å². The van der Waals surface area contributed by atoms with Crippen LogP contribution in [-0.2, 0) is 0 Å². The van der Waals surface area contributed by atoms with Crippen LogP contribution in [0.3, 0.4) is 0 Å². The molecule has 1 fully saturated rings. The number of pyridine rings is 1. The number of carbonyl (C=O) groups excluding carboxylic acids is 1. The van der Waals surface area contributed by atoms with E-state index in [1.165, 1.54) is 0 Å². The Morgan fingerprint density at radius 1 is 1.40 bits per heavy atom. The van der Waals surface area contributed by atoms with Crippen molar-refractivity contribution in [3.63, 3.8) is 0 Å². The molecule has 1 aliphatic rings. The molecule has 0 aliphatic carbocycles. The van der Waals surface area contributed by atoms with E-state index >= 15 is 0 Å². The third kappa shape index (κ3) is 2.40. The molecule has 106 valence electrons. The van der Waals surface area contributed by atoms with Crippen LogP contribution in [0.5, 0.6) is 0 Å². The van der Waals surface area contributed by atoms with Crippen molar-refractivity contribution in [1.82, 2.24) is 14.9 Å². The number of hydrogen-bond acceptors (Lipinski definition) is 2. The molecular formula is C15H18ClN3O. The third-order valence-corrected chi connectivity index (χ3v) is 4.44. The zero-order valence-corrected chi connectivity index (χ0v) is 12.5. The first kappa shape index (κ1) is 13.4. The highest BCUT2D eigenvalue weighted by Crippen LogP contribution is 2.30. The zero-order valence-electron chi connectivity index (χ0n) is 11.7. The predicted molar refractivity (Wildman–Crippen MR) is 80.0 cm³/mol. The third-order valence-electron chi connectivity index (χ3n) is 4.13. The van der Waals surface area contributed by atoms with Gasteiger partial charge < -0.3 is 9.88 Å². The second kappa shape index (κ2) is 4.77. The van der Waals surface area contributed by atoms with Crippen LogP contribution in [-0.4, -0.2) is 33.9 Å². The lowest BCUT2D eigenvalue weighted by molar-refractivity contribution is 0.0630. The highest BCUT2D eigenvalue weighted by molar-refractivity contribution is 6.35. The van der Waals surface area contributed by atoms with E-state index in [4.69, 9.17) is 11.6 Å². The number of aromatic nitrogens is 2. The van der Waals surface area contributed by atoms with E-state index in [2.05, 4.69) is 23.8 Å². The quantitative estimate of drug-likeness (QED) is 0.874. The number of hydrogen-bond donors (Lipinski definition) is 1. The van der Waals surface area contributed by atoms with E-state index in [9.17, 15) is 4.79 Å². The molecule has 1 saturated heterocycles. The van der Waals surface area contributed by atoms with Crippen LogP contribution in [0, 0.1) is 5.41 Å². The number of H-pyrrole nitrogens is 1. The van der Waals surface area contributed by atoms with Crippen molar-refractivity contribution in [3.05, 3.63) is 29.0 Å². The molecule has 0 spiro atoms. The summed E-state index contributed by atoms with van der Waals surface area (Å²) in [5.41, 5.74) is 1.66. The van der Waals surface area contributed by atoms with Gasteiger partial charge in [0, 0.05) is 30.9 Å². The molecule has 1 N–H and O–H groups in total. The minimum absolute atomic E-state index is 0.0483. The average molecular weight is 292 g/mol. The van der Waals surface area contributed by atoms with Gasteiger partial charge in [-0.05, 0) is 24.3 Å². The van der Waals surface area contributed by atoms with Crippen molar-refractivity contribution in [2.45, 2.75) is 26.7 Å². The minimum Gasteiger partial charge on any atom is -0.345 e. The van der Waals surface area contributed by atoms with Gasteiger partial charge in [-0.25, -0.2) is 4.98 Å². The van der Waals surface area contributed by atoms with Gasteiger partial charge in [-0.2, -0.15) is 0 Å². The molecule has 0 unspecified atom stereocenters. The number of aromatic amines is 1. The van der Waals surface area contributed by atoms with Gasteiger partial charge in [0.2, 0.25) is 0 Å². The fourth-order valence-corrected chi connectivity index (χ4v) is 2.78. The van der Waals surface area contributed by atoms with Crippen molar-refractivity contribution >= 4 is 28.5 Å². The van der Waals surface area contributed by atoms with Crippen LogP contribution in [0.4, 0.5) is 0 Å². The SMILES string of the molecule is CC1(C)CCN(C(=O)c2cnc3[nH]cc(Cl)c3c2)CC1. The lowest BCUT2D eigenvalue weighted by Crippen LogP contribution is -2.41. The smallest absolute Gasteiger partial charge is 0.255 e. The molecule has 0 atom stereocenters. The Hall–Kier alpha value is -1.55. The second-order valence-corrected chi connectivity index (χ2v) is 6.62. The summed E-state index contributed by atoms with van der Waals surface area (Å²) in [5.74, 6) is 0.0483. The van der Waals surface area contributed by atoms with E-state index < -0.39 is 0 Å². The normalized spacial score (nSPS) is 18.4. The van der Waals surface area contributed by atoms with Crippen molar-refractivity contribution in [2.24, 2.45) is 5.41 Å². The second-order valence-electron chi connectivity index (χ2n) is 6.21. The zero-order chi connectivity index (χ0) is 14.3. The fourth-order valence-electron chi connectivity index (χ4n) is 2.59. The van der Waals surface area contributed by atoms with Crippen molar-refractivity contribution < 1.29 is 4.79 Å². The van der Waals surface area contributed by atoms with E-state index in [0.717, 1.165) is 31.3 Å². The summed E-state index contributed by atoms with van der Waals surface area (Å²) >= 11 is 6.08. The molecule has 3 rings (SSSR count). The van der Waals surface area contributed by atoms with E-state index in [1.807, 2.05) is 11.0 Å². The predicted octanol–water partition coefficient (Wildman–Crippen LogP) is 3.48. The number of fused-ring (bicyclic) bond motifs is 1. The number of likely N-dealkylation sites (tertiary alicyclic amines) is 1. The lowest BCUT2D eigenvalue weighted by atomic mass is 9.82. The number of carbonyl (C=O) groups is 1. The van der Waals surface area contributed by atoms with Crippen LogP contribution in [0.1, 0.15) is 37.0 Å². The largest absolute Gasteiger partial charge is 0.345 e. The number of halogens is 1. The highest BCUT2D eigenvalue weighted by atomic mass is 35.5. The molecule has 20 heavy (non-hydrogen) atoms. The molecule has 0 aromatic carbocycles. The summed E-state index contributed by atoms with van der Waals surface area (Å²) in [5, 5.41) is 1.40. The first-order valence-electron chi connectivity index (χ1n) is 6.88. The van der Waals surface area contributed by atoms with Gasteiger partial charge in [-0.1, -0.05) is 25.4 Å². The molecule has 2 aromatic heterocycles. The topological polar surface area (TPSA) is 49.0 Å². The standard InChI is InChI=1S/C15H18ClN3O/c1-15(2)3-5-19(6-4-15)14(20)10-7-11-12(16)9-18-13(11)17-8-10/h7-9H,3-6H2,1-2H3,(H,17,18). The highest BCUT2D eigenvalue weighted by Gasteiger charge is 2.28.